The zero-order chi connectivity index (χ0) is 13.1. The minimum Gasteiger partial charge on any atom is -0.379 e. The van der Waals surface area contributed by atoms with Crippen molar-refractivity contribution >= 4 is 22.9 Å². The van der Waals surface area contributed by atoms with Crippen molar-refractivity contribution in [2.45, 2.75) is 12.5 Å². The SMILES string of the molecule is C=CCNc1nc2ncnc(N[C@@H]3CCOC3)c2[nH]1. The topological polar surface area (TPSA) is 87.8 Å². The third-order valence-electron chi connectivity index (χ3n) is 2.97. The van der Waals surface area contributed by atoms with Crippen LogP contribution in [0.4, 0.5) is 11.8 Å². The zero-order valence-electron chi connectivity index (χ0n) is 10.5. The Bertz CT molecular complexity index is 575. The summed E-state index contributed by atoms with van der Waals surface area (Å²) in [5.41, 5.74) is 1.45. The predicted octanol–water partition coefficient (Wildman–Crippen LogP) is 1.15. The highest BCUT2D eigenvalue weighted by atomic mass is 16.5. The highest BCUT2D eigenvalue weighted by Gasteiger charge is 2.18. The Hall–Kier alpha value is -2.15. The molecule has 1 saturated heterocycles. The van der Waals surface area contributed by atoms with E-state index in [1.165, 1.54) is 6.33 Å². The maximum absolute atomic E-state index is 5.34. The molecule has 1 fully saturated rings. The molecule has 100 valence electrons. The van der Waals surface area contributed by atoms with Crippen LogP contribution >= 0.6 is 0 Å². The smallest absolute Gasteiger partial charge is 0.203 e. The number of anilines is 2. The zero-order valence-corrected chi connectivity index (χ0v) is 10.5. The van der Waals surface area contributed by atoms with Crippen molar-refractivity contribution in [1.82, 2.24) is 19.9 Å². The standard InChI is InChI=1S/C12H16N6O/c1-2-4-13-12-17-9-10(14-7-15-11(9)18-12)16-8-3-5-19-6-8/h2,7-8H,1,3-6H2,(H3,13,14,15,16,17,18)/t8-/m1/s1. The van der Waals surface area contributed by atoms with E-state index >= 15 is 0 Å². The number of H-pyrrole nitrogens is 1. The number of fused-ring (bicyclic) bond motifs is 1. The highest BCUT2D eigenvalue weighted by molar-refractivity contribution is 5.84. The van der Waals surface area contributed by atoms with E-state index in [0.717, 1.165) is 24.4 Å². The molecule has 0 amide bonds. The molecule has 2 aromatic rings. The summed E-state index contributed by atoms with van der Waals surface area (Å²) < 4.78 is 5.34. The van der Waals surface area contributed by atoms with Crippen molar-refractivity contribution < 1.29 is 4.74 Å². The minimum absolute atomic E-state index is 0.297. The van der Waals surface area contributed by atoms with Crippen molar-refractivity contribution in [2.24, 2.45) is 0 Å². The number of ether oxygens (including phenoxy) is 1. The maximum Gasteiger partial charge on any atom is 0.203 e. The van der Waals surface area contributed by atoms with Gasteiger partial charge < -0.3 is 20.4 Å². The summed E-state index contributed by atoms with van der Waals surface area (Å²) in [7, 11) is 0. The summed E-state index contributed by atoms with van der Waals surface area (Å²) in [6, 6.07) is 0.297. The van der Waals surface area contributed by atoms with Crippen LogP contribution in [0.15, 0.2) is 19.0 Å². The molecule has 1 aliphatic heterocycles. The number of nitrogens with zero attached hydrogens (tertiary/aromatic N) is 3. The summed E-state index contributed by atoms with van der Waals surface area (Å²) in [5.74, 6) is 1.43. The van der Waals surface area contributed by atoms with E-state index in [-0.39, 0.29) is 0 Å². The molecule has 7 heteroatoms. The molecule has 0 aromatic carbocycles. The summed E-state index contributed by atoms with van der Waals surface area (Å²) >= 11 is 0. The van der Waals surface area contributed by atoms with Crippen molar-refractivity contribution in [2.75, 3.05) is 30.4 Å². The van der Waals surface area contributed by atoms with Crippen LogP contribution in [0.5, 0.6) is 0 Å². The fraction of sp³-hybridized carbons (Fsp3) is 0.417. The number of nitrogens with one attached hydrogen (secondary N) is 3. The summed E-state index contributed by atoms with van der Waals surface area (Å²) in [6.45, 7) is 5.80. The van der Waals surface area contributed by atoms with Gasteiger partial charge >= 0.3 is 0 Å². The van der Waals surface area contributed by atoms with E-state index in [2.05, 4.69) is 37.1 Å². The second-order valence-electron chi connectivity index (χ2n) is 4.38. The van der Waals surface area contributed by atoms with E-state index in [1.54, 1.807) is 6.08 Å². The van der Waals surface area contributed by atoms with Gasteiger partial charge in [0, 0.05) is 13.2 Å². The fourth-order valence-electron chi connectivity index (χ4n) is 2.03. The number of imidazole rings is 1. The van der Waals surface area contributed by atoms with Crippen molar-refractivity contribution in [3.8, 4) is 0 Å². The van der Waals surface area contributed by atoms with E-state index in [4.69, 9.17) is 4.74 Å². The van der Waals surface area contributed by atoms with Gasteiger partial charge in [0.2, 0.25) is 5.95 Å². The van der Waals surface area contributed by atoms with Gasteiger partial charge in [-0.3, -0.25) is 0 Å². The van der Waals surface area contributed by atoms with Gasteiger partial charge in [-0.15, -0.1) is 6.58 Å². The van der Waals surface area contributed by atoms with E-state index < -0.39 is 0 Å². The molecule has 0 saturated carbocycles. The van der Waals surface area contributed by atoms with Crippen LogP contribution in [0.3, 0.4) is 0 Å². The van der Waals surface area contributed by atoms with Crippen LogP contribution in [-0.4, -0.2) is 45.7 Å². The molecule has 0 spiro atoms. The Morgan fingerprint density at radius 3 is 3.26 bits per heavy atom. The molecule has 2 aromatic heterocycles. The molecular formula is C12H16N6O. The normalized spacial score (nSPS) is 18.6. The van der Waals surface area contributed by atoms with Gasteiger partial charge in [0.15, 0.2) is 11.5 Å². The number of hydrogen-bond donors (Lipinski definition) is 3. The predicted molar refractivity (Wildman–Crippen MR) is 73.2 cm³/mol. The monoisotopic (exact) mass is 260 g/mol. The fourth-order valence-corrected chi connectivity index (χ4v) is 2.03. The molecule has 0 radical (unpaired) electrons. The second-order valence-corrected chi connectivity index (χ2v) is 4.38. The van der Waals surface area contributed by atoms with Gasteiger partial charge in [0.25, 0.3) is 0 Å². The molecule has 3 heterocycles. The molecule has 0 unspecified atom stereocenters. The average Bonchev–Trinajstić information content (AvgIpc) is 3.05. The average molecular weight is 260 g/mol. The van der Waals surface area contributed by atoms with E-state index in [0.29, 0.717) is 30.8 Å². The molecule has 0 aliphatic carbocycles. The quantitative estimate of drug-likeness (QED) is 0.699. The molecule has 19 heavy (non-hydrogen) atoms. The van der Waals surface area contributed by atoms with Gasteiger partial charge in [0.05, 0.1) is 12.6 Å². The van der Waals surface area contributed by atoms with Crippen molar-refractivity contribution in [3.05, 3.63) is 19.0 Å². The molecule has 1 aliphatic rings. The number of aromatic amines is 1. The second kappa shape index (κ2) is 5.23. The van der Waals surface area contributed by atoms with Gasteiger partial charge in [-0.25, -0.2) is 9.97 Å². The van der Waals surface area contributed by atoms with Crippen LogP contribution in [0.25, 0.3) is 11.2 Å². The van der Waals surface area contributed by atoms with Gasteiger partial charge in [-0.2, -0.15) is 4.98 Å². The summed E-state index contributed by atoms with van der Waals surface area (Å²) in [5, 5.41) is 6.46. The Labute approximate surface area is 110 Å². The van der Waals surface area contributed by atoms with Crippen molar-refractivity contribution in [1.29, 1.82) is 0 Å². The van der Waals surface area contributed by atoms with E-state index in [1.807, 2.05) is 0 Å². The summed E-state index contributed by atoms with van der Waals surface area (Å²) in [4.78, 5) is 15.9. The Morgan fingerprint density at radius 2 is 2.47 bits per heavy atom. The lowest BCUT2D eigenvalue weighted by atomic mass is 10.2. The van der Waals surface area contributed by atoms with Gasteiger partial charge in [-0.05, 0) is 6.42 Å². The first kappa shape index (κ1) is 11.9. The van der Waals surface area contributed by atoms with Crippen LogP contribution in [0.2, 0.25) is 0 Å². The molecule has 3 N–H and O–H groups in total. The first-order chi connectivity index (χ1) is 9.36. The first-order valence-corrected chi connectivity index (χ1v) is 6.26. The molecule has 7 nitrogen and oxygen atoms in total. The Kier molecular flexibility index (Phi) is 3.28. The maximum atomic E-state index is 5.34. The van der Waals surface area contributed by atoms with E-state index in [9.17, 15) is 0 Å². The minimum atomic E-state index is 0.297. The molecule has 3 rings (SSSR count). The lowest BCUT2D eigenvalue weighted by Gasteiger charge is -2.10. The Balaban J connectivity index is 1.86. The Morgan fingerprint density at radius 1 is 1.53 bits per heavy atom. The third kappa shape index (κ3) is 2.50. The molecule has 0 bridgehead atoms. The molecular weight excluding hydrogens is 244 g/mol. The summed E-state index contributed by atoms with van der Waals surface area (Å²) in [6.07, 6.45) is 4.27. The highest BCUT2D eigenvalue weighted by Crippen LogP contribution is 2.20. The van der Waals surface area contributed by atoms with Crippen LogP contribution in [0, 0.1) is 0 Å². The number of aromatic nitrogens is 4. The van der Waals surface area contributed by atoms with Gasteiger partial charge in [-0.1, -0.05) is 6.08 Å². The van der Waals surface area contributed by atoms with Crippen LogP contribution in [-0.2, 0) is 4.74 Å². The largest absolute Gasteiger partial charge is 0.379 e. The lowest BCUT2D eigenvalue weighted by Crippen LogP contribution is -2.20. The first-order valence-electron chi connectivity index (χ1n) is 6.26. The third-order valence-corrected chi connectivity index (χ3v) is 2.97. The van der Waals surface area contributed by atoms with Crippen LogP contribution < -0.4 is 10.6 Å². The number of hydrogen-bond acceptors (Lipinski definition) is 6. The van der Waals surface area contributed by atoms with Crippen molar-refractivity contribution in [3.63, 3.8) is 0 Å². The van der Waals surface area contributed by atoms with Gasteiger partial charge in [0.1, 0.15) is 11.8 Å². The lowest BCUT2D eigenvalue weighted by molar-refractivity contribution is 0.195. The van der Waals surface area contributed by atoms with Crippen LogP contribution in [0.1, 0.15) is 6.42 Å². The molecule has 1 atom stereocenters. The number of rotatable bonds is 5.